The van der Waals surface area contributed by atoms with Gasteiger partial charge in [-0.25, -0.2) is 9.48 Å². The Kier molecular flexibility index (Phi) is 2.20. The largest absolute Gasteiger partial charge is 0.466 e. The maximum Gasteiger partial charge on any atom is 0.345 e. The number of nitrogens with two attached hydrogens (primary N) is 1. The van der Waals surface area contributed by atoms with Crippen LogP contribution in [0.4, 0.5) is 0 Å². The number of hydrogen-bond acceptors (Lipinski definition) is 5. The minimum Gasteiger partial charge on any atom is -0.466 e. The molecular weight excluding hydrogens is 184 g/mol. The molecule has 76 valence electrons. The van der Waals surface area contributed by atoms with Crippen LogP contribution in [0.1, 0.15) is 30.6 Å². The highest BCUT2D eigenvalue weighted by Gasteiger charge is 2.28. The number of hydrogen-bond donors (Lipinski definition) is 1. The van der Waals surface area contributed by atoms with Gasteiger partial charge in [0, 0.05) is 5.92 Å². The average Bonchev–Trinajstić information content (AvgIpc) is 2.94. The number of carbonyl (C=O) groups is 1. The number of nitrogens with zero attached hydrogens (tertiary/aromatic N) is 3. The number of rotatable bonds is 3. The van der Waals surface area contributed by atoms with E-state index >= 15 is 0 Å². The smallest absolute Gasteiger partial charge is 0.345 e. The Bertz CT molecular complexity index is 345. The maximum absolute atomic E-state index is 11.1. The standard InChI is InChI=1S/C8H12N4O2/c1-14-8(13)7(9)12-4-6(10-11-12)5-2-3-5/h4-5,7H,2-3,9H2,1H3/t7-/m0/s1. The molecule has 0 unspecified atom stereocenters. The van der Waals surface area contributed by atoms with Crippen molar-refractivity contribution in [1.29, 1.82) is 0 Å². The van der Waals surface area contributed by atoms with Gasteiger partial charge in [0.2, 0.25) is 0 Å². The van der Waals surface area contributed by atoms with Gasteiger partial charge < -0.3 is 10.5 Å². The van der Waals surface area contributed by atoms with E-state index in [0.29, 0.717) is 5.92 Å². The van der Waals surface area contributed by atoms with Crippen LogP contribution in [0.2, 0.25) is 0 Å². The van der Waals surface area contributed by atoms with E-state index in [1.165, 1.54) is 11.8 Å². The molecule has 14 heavy (non-hydrogen) atoms. The van der Waals surface area contributed by atoms with Crippen molar-refractivity contribution < 1.29 is 9.53 Å². The molecular formula is C8H12N4O2. The summed E-state index contributed by atoms with van der Waals surface area (Å²) >= 11 is 0. The lowest BCUT2D eigenvalue weighted by Crippen LogP contribution is -2.29. The van der Waals surface area contributed by atoms with E-state index in [0.717, 1.165) is 18.5 Å². The second-order valence-corrected chi connectivity index (χ2v) is 3.37. The molecule has 2 N–H and O–H groups in total. The van der Waals surface area contributed by atoms with Gasteiger partial charge in [-0.2, -0.15) is 0 Å². The molecule has 1 saturated carbocycles. The van der Waals surface area contributed by atoms with Crippen molar-refractivity contribution >= 4 is 5.97 Å². The molecule has 1 heterocycles. The Hall–Kier alpha value is -1.43. The Labute approximate surface area is 81.0 Å². The normalized spacial score (nSPS) is 17.9. The molecule has 0 aliphatic heterocycles. The third-order valence-electron chi connectivity index (χ3n) is 2.25. The van der Waals surface area contributed by atoms with Crippen molar-refractivity contribution in [3.05, 3.63) is 11.9 Å². The first-order chi connectivity index (χ1) is 6.72. The van der Waals surface area contributed by atoms with E-state index in [1.54, 1.807) is 6.20 Å². The topological polar surface area (TPSA) is 83.0 Å². The molecule has 1 fully saturated rings. The quantitative estimate of drug-likeness (QED) is 0.676. The number of ether oxygens (including phenoxy) is 1. The van der Waals surface area contributed by atoms with Crippen LogP contribution in [0.25, 0.3) is 0 Å². The van der Waals surface area contributed by atoms with Crippen molar-refractivity contribution in [2.75, 3.05) is 7.11 Å². The first-order valence-corrected chi connectivity index (χ1v) is 4.47. The second kappa shape index (κ2) is 3.38. The predicted octanol–water partition coefficient (Wildman–Crippen LogP) is -0.214. The fourth-order valence-corrected chi connectivity index (χ4v) is 1.22. The summed E-state index contributed by atoms with van der Waals surface area (Å²) in [5.74, 6) is -0.00848. The van der Waals surface area contributed by atoms with Crippen LogP contribution in [-0.4, -0.2) is 28.1 Å². The summed E-state index contributed by atoms with van der Waals surface area (Å²) in [4.78, 5) is 11.1. The van der Waals surface area contributed by atoms with Crippen LogP contribution >= 0.6 is 0 Å². The molecule has 6 nitrogen and oxygen atoms in total. The summed E-state index contributed by atoms with van der Waals surface area (Å²) in [5, 5.41) is 7.73. The molecule has 0 radical (unpaired) electrons. The van der Waals surface area contributed by atoms with E-state index in [-0.39, 0.29) is 0 Å². The molecule has 1 aliphatic carbocycles. The number of carbonyl (C=O) groups excluding carboxylic acids is 1. The van der Waals surface area contributed by atoms with E-state index in [9.17, 15) is 4.79 Å². The summed E-state index contributed by atoms with van der Waals surface area (Å²) in [6.07, 6.45) is 3.11. The van der Waals surface area contributed by atoms with E-state index < -0.39 is 12.1 Å². The highest BCUT2D eigenvalue weighted by molar-refractivity contribution is 5.73. The van der Waals surface area contributed by atoms with Gasteiger partial charge in [-0.3, -0.25) is 0 Å². The monoisotopic (exact) mass is 196 g/mol. The van der Waals surface area contributed by atoms with Crippen molar-refractivity contribution in [1.82, 2.24) is 15.0 Å². The van der Waals surface area contributed by atoms with Crippen molar-refractivity contribution in [3.63, 3.8) is 0 Å². The Morgan fingerprint density at radius 3 is 3.07 bits per heavy atom. The van der Waals surface area contributed by atoms with E-state index in [4.69, 9.17) is 5.73 Å². The molecule has 0 aromatic carbocycles. The number of methoxy groups -OCH3 is 1. The lowest BCUT2D eigenvalue weighted by atomic mass is 10.3. The molecule has 0 spiro atoms. The van der Waals surface area contributed by atoms with Crippen LogP contribution in [0, 0.1) is 0 Å². The zero-order valence-electron chi connectivity index (χ0n) is 7.88. The molecule has 0 saturated heterocycles. The SMILES string of the molecule is COC(=O)[C@@H](N)n1cc(C2CC2)nn1. The van der Waals surface area contributed by atoms with Gasteiger partial charge in [0.25, 0.3) is 0 Å². The molecule has 1 aromatic rings. The lowest BCUT2D eigenvalue weighted by Gasteiger charge is -2.07. The number of esters is 1. The first-order valence-electron chi connectivity index (χ1n) is 4.47. The molecule has 0 bridgehead atoms. The fourth-order valence-electron chi connectivity index (χ4n) is 1.22. The molecule has 1 atom stereocenters. The summed E-state index contributed by atoms with van der Waals surface area (Å²) in [7, 11) is 1.29. The number of aromatic nitrogens is 3. The van der Waals surface area contributed by atoms with Crippen LogP contribution in [0.3, 0.4) is 0 Å². The van der Waals surface area contributed by atoms with Crippen LogP contribution in [-0.2, 0) is 9.53 Å². The zero-order valence-corrected chi connectivity index (χ0v) is 7.88. The summed E-state index contributed by atoms with van der Waals surface area (Å²) < 4.78 is 5.83. The Morgan fingerprint density at radius 2 is 2.50 bits per heavy atom. The average molecular weight is 196 g/mol. The maximum atomic E-state index is 11.1. The van der Waals surface area contributed by atoms with Gasteiger partial charge in [-0.15, -0.1) is 5.10 Å². The minimum absolute atomic E-state index is 0.508. The van der Waals surface area contributed by atoms with Gasteiger partial charge in [0.05, 0.1) is 19.0 Å². The molecule has 6 heteroatoms. The predicted molar refractivity (Wildman–Crippen MR) is 47.2 cm³/mol. The van der Waals surface area contributed by atoms with Crippen LogP contribution in [0.15, 0.2) is 6.20 Å². The van der Waals surface area contributed by atoms with E-state index in [1.807, 2.05) is 0 Å². The van der Waals surface area contributed by atoms with Crippen LogP contribution in [0.5, 0.6) is 0 Å². The summed E-state index contributed by atoms with van der Waals surface area (Å²) in [6, 6.07) is 0. The lowest BCUT2D eigenvalue weighted by molar-refractivity contribution is -0.144. The van der Waals surface area contributed by atoms with Gasteiger partial charge in [0.1, 0.15) is 0 Å². The van der Waals surface area contributed by atoms with Gasteiger partial charge in [-0.1, -0.05) is 5.21 Å². The van der Waals surface area contributed by atoms with Gasteiger partial charge in [-0.05, 0) is 12.8 Å². The molecule has 1 aliphatic rings. The Morgan fingerprint density at radius 1 is 1.79 bits per heavy atom. The summed E-state index contributed by atoms with van der Waals surface area (Å²) in [5.41, 5.74) is 6.48. The van der Waals surface area contributed by atoms with Crippen LogP contribution < -0.4 is 5.73 Å². The van der Waals surface area contributed by atoms with Crippen molar-refractivity contribution in [3.8, 4) is 0 Å². The van der Waals surface area contributed by atoms with Gasteiger partial charge >= 0.3 is 5.97 Å². The summed E-state index contributed by atoms with van der Waals surface area (Å²) in [6.45, 7) is 0. The third kappa shape index (κ3) is 1.60. The van der Waals surface area contributed by atoms with Crippen molar-refractivity contribution in [2.45, 2.75) is 24.9 Å². The molecule has 2 rings (SSSR count). The Balaban J connectivity index is 2.11. The highest BCUT2D eigenvalue weighted by atomic mass is 16.5. The molecule has 1 aromatic heterocycles. The fraction of sp³-hybridized carbons (Fsp3) is 0.625. The minimum atomic E-state index is -0.889. The zero-order chi connectivity index (χ0) is 10.1. The van der Waals surface area contributed by atoms with E-state index in [2.05, 4.69) is 15.0 Å². The first kappa shape index (κ1) is 9.14. The molecule has 0 amide bonds. The third-order valence-corrected chi connectivity index (χ3v) is 2.25. The highest BCUT2D eigenvalue weighted by Crippen LogP contribution is 2.38. The van der Waals surface area contributed by atoms with Gasteiger partial charge in [0.15, 0.2) is 6.17 Å². The van der Waals surface area contributed by atoms with Crippen molar-refractivity contribution in [2.24, 2.45) is 5.73 Å². The second-order valence-electron chi connectivity index (χ2n) is 3.37.